The first-order chi connectivity index (χ1) is 13.0. The summed E-state index contributed by atoms with van der Waals surface area (Å²) in [4.78, 5) is 25.7. The van der Waals surface area contributed by atoms with Crippen molar-refractivity contribution in [1.82, 2.24) is 19.8 Å². The maximum Gasteiger partial charge on any atom is 0.308 e. The van der Waals surface area contributed by atoms with Gasteiger partial charge in [-0.25, -0.2) is 4.68 Å². The molecule has 1 aromatic heterocycles. The van der Waals surface area contributed by atoms with Gasteiger partial charge in [-0.15, -0.1) is 10.2 Å². The number of nitrogens with zero attached hydrogens (tertiary/aromatic N) is 4. The summed E-state index contributed by atoms with van der Waals surface area (Å²) in [6.07, 6.45) is 1.24. The average molecular weight is 410 g/mol. The number of methoxy groups -OCH3 is 1. The summed E-state index contributed by atoms with van der Waals surface area (Å²) >= 11 is 7.23. The first-order valence-electron chi connectivity index (χ1n) is 8.44. The van der Waals surface area contributed by atoms with Crippen LogP contribution in [0, 0.1) is 5.92 Å². The van der Waals surface area contributed by atoms with Gasteiger partial charge in [-0.3, -0.25) is 9.59 Å². The first-order valence-corrected chi connectivity index (χ1v) is 9.80. The van der Waals surface area contributed by atoms with Crippen molar-refractivity contribution in [2.45, 2.75) is 18.0 Å². The van der Waals surface area contributed by atoms with Crippen LogP contribution in [0.1, 0.15) is 12.8 Å². The smallest absolute Gasteiger partial charge is 0.308 e. The summed E-state index contributed by atoms with van der Waals surface area (Å²) < 4.78 is 6.12. The van der Waals surface area contributed by atoms with Gasteiger partial charge < -0.3 is 15.5 Å². The number of ether oxygens (including phenoxy) is 1. The van der Waals surface area contributed by atoms with Crippen LogP contribution >= 0.6 is 23.4 Å². The lowest BCUT2D eigenvalue weighted by molar-refractivity contribution is -0.148. The van der Waals surface area contributed by atoms with Gasteiger partial charge in [-0.05, 0) is 25.0 Å². The Balaban J connectivity index is 1.56. The zero-order chi connectivity index (χ0) is 19.4. The zero-order valence-corrected chi connectivity index (χ0v) is 16.4. The molecule has 1 saturated heterocycles. The van der Waals surface area contributed by atoms with E-state index in [1.165, 1.54) is 23.5 Å². The van der Waals surface area contributed by atoms with E-state index in [0.29, 0.717) is 41.9 Å². The van der Waals surface area contributed by atoms with Gasteiger partial charge in [-0.2, -0.15) is 0 Å². The molecule has 27 heavy (non-hydrogen) atoms. The lowest BCUT2D eigenvalue weighted by Gasteiger charge is -2.30. The van der Waals surface area contributed by atoms with Crippen LogP contribution in [0.4, 0.5) is 0 Å². The average Bonchev–Trinajstić information content (AvgIpc) is 3.06. The number of amides is 1. The molecular weight excluding hydrogens is 390 g/mol. The summed E-state index contributed by atoms with van der Waals surface area (Å²) in [6.45, 7) is 1.09. The molecule has 1 aliphatic rings. The predicted octanol–water partition coefficient (Wildman–Crippen LogP) is 1.82. The SMILES string of the molecule is COC(=O)C1CCN(C(=O)CSc2nnc(-c3cccc(Cl)c3)n2N)CC1. The number of halogens is 1. The van der Waals surface area contributed by atoms with Gasteiger partial charge in [0.05, 0.1) is 18.8 Å². The third kappa shape index (κ3) is 4.54. The number of hydrogen-bond donors (Lipinski definition) is 1. The molecule has 8 nitrogen and oxygen atoms in total. The Hall–Kier alpha value is -2.26. The summed E-state index contributed by atoms with van der Waals surface area (Å²) in [5, 5.41) is 9.18. The van der Waals surface area contributed by atoms with Gasteiger partial charge in [0.1, 0.15) is 0 Å². The number of carbonyl (C=O) groups is 2. The molecule has 1 aliphatic heterocycles. The molecule has 2 heterocycles. The lowest BCUT2D eigenvalue weighted by atomic mass is 9.97. The third-order valence-corrected chi connectivity index (χ3v) is 5.62. The Kier molecular flexibility index (Phi) is 6.22. The normalized spacial score (nSPS) is 15.0. The monoisotopic (exact) mass is 409 g/mol. The number of hydrogen-bond acceptors (Lipinski definition) is 7. The molecule has 1 fully saturated rings. The fourth-order valence-corrected chi connectivity index (χ4v) is 3.90. The van der Waals surface area contributed by atoms with E-state index < -0.39 is 0 Å². The molecule has 2 N–H and O–H groups in total. The minimum atomic E-state index is -0.207. The minimum absolute atomic E-state index is 0.0179. The van der Waals surface area contributed by atoms with Gasteiger partial charge in [0.15, 0.2) is 5.82 Å². The van der Waals surface area contributed by atoms with E-state index in [4.69, 9.17) is 22.2 Å². The standard InChI is InChI=1S/C17H20ClN5O3S/c1-26-16(25)11-5-7-22(8-6-11)14(24)10-27-17-21-20-15(23(17)19)12-3-2-4-13(18)9-12/h2-4,9,11H,5-8,10,19H2,1H3. The Morgan fingerprint density at radius 2 is 2.07 bits per heavy atom. The van der Waals surface area contributed by atoms with Crippen molar-refractivity contribution in [1.29, 1.82) is 0 Å². The van der Waals surface area contributed by atoms with Crippen molar-refractivity contribution in [3.63, 3.8) is 0 Å². The molecule has 1 aromatic carbocycles. The summed E-state index contributed by atoms with van der Waals surface area (Å²) in [5.74, 6) is 6.40. The fraction of sp³-hybridized carbons (Fsp3) is 0.412. The first kappa shape index (κ1) is 19.5. The van der Waals surface area contributed by atoms with Crippen molar-refractivity contribution in [3.8, 4) is 11.4 Å². The summed E-state index contributed by atoms with van der Waals surface area (Å²) in [5.41, 5.74) is 0.751. The maximum absolute atomic E-state index is 12.4. The lowest BCUT2D eigenvalue weighted by Crippen LogP contribution is -2.41. The largest absolute Gasteiger partial charge is 0.469 e. The number of carbonyl (C=O) groups excluding carboxylic acids is 2. The molecule has 0 radical (unpaired) electrons. The van der Waals surface area contributed by atoms with Crippen LogP contribution in [-0.4, -0.2) is 57.6 Å². The Morgan fingerprint density at radius 3 is 2.74 bits per heavy atom. The molecule has 2 aromatic rings. The Labute approximate surface area is 166 Å². The Morgan fingerprint density at radius 1 is 1.33 bits per heavy atom. The van der Waals surface area contributed by atoms with E-state index in [9.17, 15) is 9.59 Å². The van der Waals surface area contributed by atoms with Crippen LogP contribution in [0.3, 0.4) is 0 Å². The number of nitrogens with two attached hydrogens (primary N) is 1. The maximum atomic E-state index is 12.4. The topological polar surface area (TPSA) is 103 Å². The minimum Gasteiger partial charge on any atom is -0.469 e. The van der Waals surface area contributed by atoms with Gasteiger partial charge >= 0.3 is 5.97 Å². The molecule has 0 aliphatic carbocycles. The molecule has 0 bridgehead atoms. The molecule has 10 heteroatoms. The highest BCUT2D eigenvalue weighted by Gasteiger charge is 2.28. The van der Waals surface area contributed by atoms with E-state index >= 15 is 0 Å². The molecule has 0 saturated carbocycles. The van der Waals surface area contributed by atoms with Crippen molar-refractivity contribution in [3.05, 3.63) is 29.3 Å². The number of benzene rings is 1. The van der Waals surface area contributed by atoms with Crippen LogP contribution in [0.25, 0.3) is 11.4 Å². The number of rotatable bonds is 5. The second-order valence-electron chi connectivity index (χ2n) is 6.15. The van der Waals surface area contributed by atoms with Crippen molar-refractivity contribution >= 4 is 35.2 Å². The molecule has 1 amide bonds. The molecule has 144 valence electrons. The van der Waals surface area contributed by atoms with E-state index in [2.05, 4.69) is 10.2 Å². The number of likely N-dealkylation sites (tertiary alicyclic amines) is 1. The van der Waals surface area contributed by atoms with E-state index in [1.807, 2.05) is 6.07 Å². The van der Waals surface area contributed by atoms with Gasteiger partial charge in [0.25, 0.3) is 0 Å². The molecule has 0 unspecified atom stereocenters. The molecular formula is C17H20ClN5O3S. The van der Waals surface area contributed by atoms with E-state index in [-0.39, 0.29) is 23.5 Å². The molecule has 3 rings (SSSR count). The van der Waals surface area contributed by atoms with Crippen LogP contribution in [0.15, 0.2) is 29.4 Å². The van der Waals surface area contributed by atoms with E-state index in [0.717, 1.165) is 5.56 Å². The highest BCUT2D eigenvalue weighted by Crippen LogP contribution is 2.25. The summed E-state index contributed by atoms with van der Waals surface area (Å²) in [6, 6.07) is 7.16. The number of aromatic nitrogens is 3. The second kappa shape index (κ2) is 8.62. The van der Waals surface area contributed by atoms with Gasteiger partial charge in [0, 0.05) is 23.7 Å². The number of esters is 1. The van der Waals surface area contributed by atoms with Gasteiger partial charge in [0.2, 0.25) is 11.1 Å². The van der Waals surface area contributed by atoms with Crippen LogP contribution < -0.4 is 5.84 Å². The van der Waals surface area contributed by atoms with Crippen LogP contribution in [-0.2, 0) is 14.3 Å². The quantitative estimate of drug-likeness (QED) is 0.456. The Bertz CT molecular complexity index is 836. The number of nitrogen functional groups attached to an aromatic ring is 1. The fourth-order valence-electron chi connectivity index (χ4n) is 2.95. The van der Waals surface area contributed by atoms with Gasteiger partial charge in [-0.1, -0.05) is 35.5 Å². The molecule has 0 spiro atoms. The highest BCUT2D eigenvalue weighted by atomic mass is 35.5. The van der Waals surface area contributed by atoms with E-state index in [1.54, 1.807) is 23.1 Å². The highest BCUT2D eigenvalue weighted by molar-refractivity contribution is 7.99. The summed E-state index contributed by atoms with van der Waals surface area (Å²) in [7, 11) is 1.39. The number of thioether (sulfide) groups is 1. The number of piperidine rings is 1. The predicted molar refractivity (Wildman–Crippen MR) is 103 cm³/mol. The second-order valence-corrected chi connectivity index (χ2v) is 7.53. The van der Waals surface area contributed by atoms with Crippen molar-refractivity contribution in [2.75, 3.05) is 31.8 Å². The third-order valence-electron chi connectivity index (χ3n) is 4.45. The van der Waals surface area contributed by atoms with Crippen molar-refractivity contribution in [2.24, 2.45) is 5.92 Å². The van der Waals surface area contributed by atoms with Crippen LogP contribution in [0.2, 0.25) is 5.02 Å². The van der Waals surface area contributed by atoms with Crippen LogP contribution in [0.5, 0.6) is 0 Å². The molecule has 0 atom stereocenters. The van der Waals surface area contributed by atoms with Crippen molar-refractivity contribution < 1.29 is 14.3 Å². The zero-order valence-electron chi connectivity index (χ0n) is 14.8.